The largest absolute Gasteiger partial charge is 0.490 e. The van der Waals surface area contributed by atoms with E-state index in [0.717, 1.165) is 26.2 Å². The third-order valence-corrected chi connectivity index (χ3v) is 5.71. The number of fused-ring (bicyclic) bond motifs is 1. The number of halogens is 6. The molecule has 15 heteroatoms. The number of carboxylic acids is 2. The molecule has 0 saturated carbocycles. The molecule has 0 saturated heterocycles. The quantitative estimate of drug-likeness (QED) is 0.427. The molecule has 0 radical (unpaired) electrons. The second-order valence-corrected chi connectivity index (χ2v) is 8.83. The fourth-order valence-corrected chi connectivity index (χ4v) is 3.92. The van der Waals surface area contributed by atoms with Crippen LogP contribution in [0.25, 0.3) is 0 Å². The number of alkyl halides is 6. The average molecular weight is 568 g/mol. The first-order valence-corrected chi connectivity index (χ1v) is 11.6. The molecule has 1 atom stereocenters. The predicted octanol–water partition coefficient (Wildman–Crippen LogP) is 4.81. The zero-order chi connectivity index (χ0) is 28.3. The van der Waals surface area contributed by atoms with Crippen molar-refractivity contribution in [2.24, 2.45) is 0 Å². The van der Waals surface area contributed by atoms with Crippen LogP contribution in [0.2, 0.25) is 0 Å². The number of pyridine rings is 1. The van der Waals surface area contributed by atoms with Gasteiger partial charge in [0.25, 0.3) is 0 Å². The smallest absolute Gasteiger partial charge is 0.475 e. The molecule has 0 aromatic carbocycles. The highest BCUT2D eigenvalue weighted by molar-refractivity contribution is 7.09. The van der Waals surface area contributed by atoms with Crippen LogP contribution in [0.4, 0.5) is 26.3 Å². The lowest BCUT2D eigenvalue weighted by molar-refractivity contribution is -0.193. The van der Waals surface area contributed by atoms with Gasteiger partial charge < -0.3 is 19.5 Å². The van der Waals surface area contributed by atoms with Gasteiger partial charge in [0.15, 0.2) is 0 Å². The number of hydrogen-bond acceptors (Lipinski definition) is 6. The van der Waals surface area contributed by atoms with Crippen LogP contribution in [0.15, 0.2) is 60.4 Å². The van der Waals surface area contributed by atoms with Crippen molar-refractivity contribution in [1.29, 1.82) is 0 Å². The Labute approximate surface area is 216 Å². The van der Waals surface area contributed by atoms with Gasteiger partial charge >= 0.3 is 24.3 Å². The van der Waals surface area contributed by atoms with E-state index >= 15 is 0 Å². The van der Waals surface area contributed by atoms with Crippen molar-refractivity contribution in [3.05, 3.63) is 76.5 Å². The van der Waals surface area contributed by atoms with Crippen molar-refractivity contribution in [2.45, 2.75) is 44.7 Å². The van der Waals surface area contributed by atoms with E-state index in [0.29, 0.717) is 6.61 Å². The Hall–Kier alpha value is -3.43. The first kappa shape index (κ1) is 30.8. The summed E-state index contributed by atoms with van der Waals surface area (Å²) in [6.07, 6.45) is -4.18. The summed E-state index contributed by atoms with van der Waals surface area (Å²) in [4.78, 5) is 25.8. The van der Waals surface area contributed by atoms with Crippen molar-refractivity contribution in [3.8, 4) is 0 Å². The van der Waals surface area contributed by atoms with Crippen LogP contribution >= 0.6 is 11.3 Å². The fourth-order valence-electron chi connectivity index (χ4n) is 3.17. The average Bonchev–Trinajstić information content (AvgIpc) is 3.47. The van der Waals surface area contributed by atoms with Gasteiger partial charge in [-0.15, -0.1) is 11.3 Å². The number of aliphatic carboxylic acids is 2. The van der Waals surface area contributed by atoms with E-state index in [4.69, 9.17) is 24.5 Å². The highest BCUT2D eigenvalue weighted by Gasteiger charge is 2.38. The van der Waals surface area contributed by atoms with Crippen LogP contribution < -0.4 is 0 Å². The first-order valence-electron chi connectivity index (χ1n) is 10.7. The maximum atomic E-state index is 10.6. The second-order valence-electron chi connectivity index (χ2n) is 7.80. The van der Waals surface area contributed by atoms with E-state index in [1.807, 2.05) is 35.9 Å². The van der Waals surface area contributed by atoms with Crippen LogP contribution in [0, 0.1) is 0 Å². The van der Waals surface area contributed by atoms with Gasteiger partial charge in [0.05, 0.1) is 12.7 Å². The van der Waals surface area contributed by atoms with E-state index in [9.17, 15) is 26.3 Å². The van der Waals surface area contributed by atoms with Crippen LogP contribution in [-0.4, -0.2) is 61.6 Å². The fraction of sp³-hybridized carbons (Fsp3) is 0.348. The van der Waals surface area contributed by atoms with Crippen LogP contribution in [0.5, 0.6) is 0 Å². The molecule has 4 heterocycles. The van der Waals surface area contributed by atoms with Gasteiger partial charge in [-0.2, -0.15) is 26.3 Å². The number of aromatic nitrogens is 2. The van der Waals surface area contributed by atoms with Gasteiger partial charge in [0.1, 0.15) is 0 Å². The molecule has 208 valence electrons. The SMILES string of the molecule is O=C(O)C(F)(F)F.O=C(O)C(F)(F)F.c1csc(CN2Cc3cccn3CC(OCc3ccncc3)C2)c1. The Morgan fingerprint density at radius 2 is 1.58 bits per heavy atom. The minimum absolute atomic E-state index is 0.187. The van der Waals surface area contributed by atoms with Crippen LogP contribution in [-0.2, 0) is 40.6 Å². The van der Waals surface area contributed by atoms with Gasteiger partial charge in [-0.3, -0.25) is 9.88 Å². The number of nitrogens with zero attached hydrogens (tertiary/aromatic N) is 3. The molecular weight excluding hydrogens is 544 g/mol. The van der Waals surface area contributed by atoms with Crippen LogP contribution in [0.1, 0.15) is 16.1 Å². The summed E-state index contributed by atoms with van der Waals surface area (Å²) in [5, 5.41) is 16.4. The number of hydrogen-bond donors (Lipinski definition) is 2. The summed E-state index contributed by atoms with van der Waals surface area (Å²) in [5.41, 5.74) is 2.54. The van der Waals surface area contributed by atoms with Crippen molar-refractivity contribution in [2.75, 3.05) is 6.54 Å². The van der Waals surface area contributed by atoms with E-state index in [1.165, 1.54) is 16.1 Å². The third kappa shape index (κ3) is 10.9. The maximum absolute atomic E-state index is 10.6. The molecular formula is C23H23F6N3O5S. The highest BCUT2D eigenvalue weighted by Crippen LogP contribution is 2.20. The molecule has 8 nitrogen and oxygen atoms in total. The van der Waals surface area contributed by atoms with Crippen molar-refractivity contribution < 1.29 is 50.9 Å². The Balaban J connectivity index is 0.000000301. The Kier molecular flexibility index (Phi) is 11.3. The molecule has 0 aliphatic carbocycles. The molecule has 0 spiro atoms. The topological polar surface area (TPSA) is 105 Å². The third-order valence-electron chi connectivity index (χ3n) is 4.85. The number of carbonyl (C=O) groups is 2. The van der Waals surface area contributed by atoms with Gasteiger partial charge in [0, 0.05) is 55.3 Å². The summed E-state index contributed by atoms with van der Waals surface area (Å²) in [5.74, 6) is -5.51. The van der Waals surface area contributed by atoms with E-state index < -0.39 is 24.3 Å². The Morgan fingerprint density at radius 1 is 0.974 bits per heavy atom. The zero-order valence-corrected chi connectivity index (χ0v) is 20.3. The first-order chi connectivity index (χ1) is 17.8. The van der Waals surface area contributed by atoms with Crippen LogP contribution in [0.3, 0.4) is 0 Å². The lowest BCUT2D eigenvalue weighted by Crippen LogP contribution is -2.32. The standard InChI is InChI=1S/C19H21N3OS.2C2HF3O2/c1-3-17-11-21(14-19-4-2-10-24-19)12-18(13-22(17)9-1)23-15-16-5-7-20-8-6-16;2*3-2(4,5)1(6)7/h1-10,18H,11-15H2;2*(H,6,7). The van der Waals surface area contributed by atoms with Gasteiger partial charge in [-0.25, -0.2) is 9.59 Å². The molecule has 4 rings (SSSR count). The predicted molar refractivity (Wildman–Crippen MR) is 123 cm³/mol. The number of rotatable bonds is 5. The summed E-state index contributed by atoms with van der Waals surface area (Å²) in [6.45, 7) is 4.45. The normalized spacial score (nSPS) is 15.7. The molecule has 3 aromatic rings. The minimum Gasteiger partial charge on any atom is -0.475 e. The molecule has 3 aromatic heterocycles. The number of carboxylic acid groups (broad SMARTS) is 2. The highest BCUT2D eigenvalue weighted by atomic mass is 32.1. The molecule has 1 aliphatic heterocycles. The van der Waals surface area contributed by atoms with E-state index in [2.05, 4.69) is 50.3 Å². The van der Waals surface area contributed by atoms with Gasteiger partial charge in [-0.1, -0.05) is 6.07 Å². The summed E-state index contributed by atoms with van der Waals surface area (Å²) < 4.78 is 72.0. The lowest BCUT2D eigenvalue weighted by Gasteiger charge is -2.23. The minimum atomic E-state index is -5.08. The molecule has 1 aliphatic rings. The van der Waals surface area contributed by atoms with Crippen molar-refractivity contribution in [1.82, 2.24) is 14.5 Å². The van der Waals surface area contributed by atoms with Crippen molar-refractivity contribution in [3.63, 3.8) is 0 Å². The molecule has 1 unspecified atom stereocenters. The molecule has 0 bridgehead atoms. The molecule has 0 amide bonds. The molecule has 0 fully saturated rings. The van der Waals surface area contributed by atoms with E-state index in [-0.39, 0.29) is 6.10 Å². The lowest BCUT2D eigenvalue weighted by atomic mass is 10.2. The molecule has 2 N–H and O–H groups in total. The monoisotopic (exact) mass is 567 g/mol. The summed E-state index contributed by atoms with van der Waals surface area (Å²) in [7, 11) is 0. The summed E-state index contributed by atoms with van der Waals surface area (Å²) in [6, 6.07) is 12.7. The Bertz CT molecular complexity index is 1110. The van der Waals surface area contributed by atoms with Gasteiger partial charge in [0.2, 0.25) is 0 Å². The van der Waals surface area contributed by atoms with E-state index in [1.54, 1.807) is 0 Å². The second kappa shape index (κ2) is 13.9. The number of ether oxygens (including phenoxy) is 1. The number of thiophene rings is 1. The van der Waals surface area contributed by atoms with Crippen molar-refractivity contribution >= 4 is 23.3 Å². The van der Waals surface area contributed by atoms with Gasteiger partial charge in [-0.05, 0) is 41.3 Å². The Morgan fingerprint density at radius 3 is 2.11 bits per heavy atom. The zero-order valence-electron chi connectivity index (χ0n) is 19.5. The molecule has 38 heavy (non-hydrogen) atoms. The maximum Gasteiger partial charge on any atom is 0.490 e. The summed E-state index contributed by atoms with van der Waals surface area (Å²) >= 11 is 1.82.